The van der Waals surface area contributed by atoms with Crippen molar-refractivity contribution in [2.45, 2.75) is 25.7 Å². The third-order valence-corrected chi connectivity index (χ3v) is 3.25. The molecule has 0 spiro atoms. The van der Waals surface area contributed by atoms with Gasteiger partial charge in [0.15, 0.2) is 0 Å². The molecule has 1 aliphatic heterocycles. The smallest absolute Gasteiger partial charge is 0.254 e. The van der Waals surface area contributed by atoms with Crippen molar-refractivity contribution in [2.24, 2.45) is 0 Å². The molecule has 1 aliphatic rings. The van der Waals surface area contributed by atoms with E-state index in [4.69, 9.17) is 5.11 Å². The van der Waals surface area contributed by atoms with Crippen LogP contribution >= 0.6 is 0 Å². The maximum atomic E-state index is 12.3. The highest BCUT2D eigenvalue weighted by molar-refractivity contribution is 5.96. The molecule has 0 fully saturated rings. The molecule has 1 aromatic carbocycles. The molecule has 1 N–H and O–H groups in total. The molecule has 0 saturated carbocycles. The Bertz CT molecular complexity index is 390. The summed E-state index contributed by atoms with van der Waals surface area (Å²) >= 11 is 0. The first-order valence-corrected chi connectivity index (χ1v) is 6.31. The van der Waals surface area contributed by atoms with Gasteiger partial charge in [0.05, 0.1) is 0 Å². The van der Waals surface area contributed by atoms with Crippen molar-refractivity contribution in [1.82, 2.24) is 4.90 Å². The molecule has 1 amide bonds. The molecule has 2 rings (SSSR count). The van der Waals surface area contributed by atoms with Crippen LogP contribution in [0.3, 0.4) is 0 Å². The fraction of sp³-hybridized carbons (Fsp3) is 0.500. The zero-order valence-electron chi connectivity index (χ0n) is 10.1. The van der Waals surface area contributed by atoms with Crippen LogP contribution < -0.4 is 0 Å². The fourth-order valence-electron chi connectivity index (χ4n) is 2.31. The second kappa shape index (κ2) is 5.82. The van der Waals surface area contributed by atoms with Crippen molar-refractivity contribution in [3.63, 3.8) is 0 Å². The van der Waals surface area contributed by atoms with Gasteiger partial charge in [-0.3, -0.25) is 4.79 Å². The lowest BCUT2D eigenvalue weighted by molar-refractivity contribution is 0.0755. The average molecular weight is 233 g/mol. The summed E-state index contributed by atoms with van der Waals surface area (Å²) in [5, 5.41) is 8.77. The summed E-state index contributed by atoms with van der Waals surface area (Å²) in [7, 11) is 0. The van der Waals surface area contributed by atoms with Gasteiger partial charge in [-0.2, -0.15) is 0 Å². The number of aliphatic hydroxyl groups excluding tert-OH is 1. The van der Waals surface area contributed by atoms with E-state index in [9.17, 15) is 4.79 Å². The third kappa shape index (κ3) is 2.86. The predicted molar refractivity (Wildman–Crippen MR) is 67.0 cm³/mol. The first-order valence-electron chi connectivity index (χ1n) is 6.31. The second-order valence-corrected chi connectivity index (χ2v) is 4.48. The van der Waals surface area contributed by atoms with Crippen molar-refractivity contribution in [2.75, 3.05) is 19.7 Å². The lowest BCUT2D eigenvalue weighted by Gasteiger charge is -2.20. The predicted octanol–water partition coefficient (Wildman–Crippen LogP) is 1.85. The van der Waals surface area contributed by atoms with Crippen molar-refractivity contribution in [1.29, 1.82) is 0 Å². The molecule has 92 valence electrons. The Kier molecular flexibility index (Phi) is 4.15. The number of hydrogen-bond donors (Lipinski definition) is 1. The zero-order chi connectivity index (χ0) is 12.1. The van der Waals surface area contributed by atoms with Gasteiger partial charge in [-0.15, -0.1) is 0 Å². The molecule has 3 heteroatoms. The van der Waals surface area contributed by atoms with E-state index in [0.717, 1.165) is 44.3 Å². The van der Waals surface area contributed by atoms with Gasteiger partial charge in [0, 0.05) is 25.3 Å². The Morgan fingerprint density at radius 3 is 2.88 bits per heavy atom. The van der Waals surface area contributed by atoms with Crippen LogP contribution in [-0.4, -0.2) is 35.6 Å². The van der Waals surface area contributed by atoms with Crippen molar-refractivity contribution < 1.29 is 9.90 Å². The largest absolute Gasteiger partial charge is 0.396 e. The van der Waals surface area contributed by atoms with Crippen LogP contribution in [0.5, 0.6) is 0 Å². The number of nitrogens with zero attached hydrogens (tertiary/aromatic N) is 1. The maximum absolute atomic E-state index is 12.3. The number of hydrogen-bond acceptors (Lipinski definition) is 2. The monoisotopic (exact) mass is 233 g/mol. The number of aryl methyl sites for hydroxylation is 1. The molecule has 1 heterocycles. The van der Waals surface area contributed by atoms with Gasteiger partial charge in [0.25, 0.3) is 5.91 Å². The number of rotatable bonds is 4. The minimum Gasteiger partial charge on any atom is -0.396 e. The zero-order valence-corrected chi connectivity index (χ0v) is 10.1. The number of carbonyl (C=O) groups excluding carboxylic acids is 1. The summed E-state index contributed by atoms with van der Waals surface area (Å²) in [4.78, 5) is 14.2. The Balaban J connectivity index is 2.09. The van der Waals surface area contributed by atoms with Crippen molar-refractivity contribution >= 4 is 5.91 Å². The van der Waals surface area contributed by atoms with Crippen LogP contribution in [0.25, 0.3) is 0 Å². The number of amides is 1. The Morgan fingerprint density at radius 1 is 1.24 bits per heavy atom. The van der Waals surface area contributed by atoms with E-state index in [1.54, 1.807) is 0 Å². The van der Waals surface area contributed by atoms with Gasteiger partial charge < -0.3 is 10.0 Å². The molecule has 0 radical (unpaired) electrons. The van der Waals surface area contributed by atoms with Crippen molar-refractivity contribution in [3.8, 4) is 0 Å². The first-order chi connectivity index (χ1) is 8.33. The van der Waals surface area contributed by atoms with Crippen LogP contribution in [0.4, 0.5) is 0 Å². The SMILES string of the molecule is O=C1c2ccccc2CCCN1CCCCO. The van der Waals surface area contributed by atoms with Crippen molar-refractivity contribution in [3.05, 3.63) is 35.4 Å². The van der Waals surface area contributed by atoms with E-state index >= 15 is 0 Å². The molecular formula is C14H19NO2. The summed E-state index contributed by atoms with van der Waals surface area (Å²) in [6, 6.07) is 7.88. The quantitative estimate of drug-likeness (QED) is 0.806. The fourth-order valence-corrected chi connectivity index (χ4v) is 2.31. The molecule has 0 bridgehead atoms. The summed E-state index contributed by atoms with van der Waals surface area (Å²) in [5.41, 5.74) is 2.02. The highest BCUT2D eigenvalue weighted by atomic mass is 16.3. The molecule has 0 unspecified atom stereocenters. The molecule has 0 saturated heterocycles. The Hall–Kier alpha value is -1.35. The number of fused-ring (bicyclic) bond motifs is 1. The van der Waals surface area contributed by atoms with Gasteiger partial charge in [0.1, 0.15) is 0 Å². The van der Waals surface area contributed by atoms with Gasteiger partial charge in [-0.1, -0.05) is 18.2 Å². The number of benzene rings is 1. The highest BCUT2D eigenvalue weighted by Gasteiger charge is 2.21. The molecule has 1 aromatic rings. The lowest BCUT2D eigenvalue weighted by Crippen LogP contribution is -2.32. The third-order valence-electron chi connectivity index (χ3n) is 3.25. The van der Waals surface area contributed by atoms with E-state index in [1.165, 1.54) is 5.56 Å². The van der Waals surface area contributed by atoms with E-state index in [-0.39, 0.29) is 12.5 Å². The topological polar surface area (TPSA) is 40.5 Å². The molecule has 17 heavy (non-hydrogen) atoms. The van der Waals surface area contributed by atoms with Crippen LogP contribution in [0.2, 0.25) is 0 Å². The molecule has 0 aliphatic carbocycles. The minimum absolute atomic E-state index is 0.149. The first kappa shape index (κ1) is 12.1. The van der Waals surface area contributed by atoms with Crippen LogP contribution in [0.1, 0.15) is 35.2 Å². The van der Waals surface area contributed by atoms with Gasteiger partial charge >= 0.3 is 0 Å². The van der Waals surface area contributed by atoms with E-state index in [0.29, 0.717) is 0 Å². The highest BCUT2D eigenvalue weighted by Crippen LogP contribution is 2.18. The van der Waals surface area contributed by atoms with Crippen LogP contribution in [-0.2, 0) is 6.42 Å². The average Bonchev–Trinajstić information content (AvgIpc) is 2.51. The molecule has 0 atom stereocenters. The second-order valence-electron chi connectivity index (χ2n) is 4.48. The van der Waals surface area contributed by atoms with Gasteiger partial charge in [-0.25, -0.2) is 0 Å². The van der Waals surface area contributed by atoms with Gasteiger partial charge in [-0.05, 0) is 37.3 Å². The molecular weight excluding hydrogens is 214 g/mol. The molecule has 0 aromatic heterocycles. The van der Waals surface area contributed by atoms with E-state index in [2.05, 4.69) is 0 Å². The van der Waals surface area contributed by atoms with Crippen LogP contribution in [0, 0.1) is 0 Å². The van der Waals surface area contributed by atoms with Gasteiger partial charge in [0.2, 0.25) is 0 Å². The number of unbranched alkanes of at least 4 members (excludes halogenated alkanes) is 1. The minimum atomic E-state index is 0.149. The normalized spacial score (nSPS) is 15.6. The van der Waals surface area contributed by atoms with E-state index in [1.807, 2.05) is 29.2 Å². The lowest BCUT2D eigenvalue weighted by atomic mass is 10.0. The summed E-state index contributed by atoms with van der Waals surface area (Å²) in [6.07, 6.45) is 3.66. The summed E-state index contributed by atoms with van der Waals surface area (Å²) in [6.45, 7) is 1.80. The summed E-state index contributed by atoms with van der Waals surface area (Å²) < 4.78 is 0. The standard InChI is InChI=1S/C14H19NO2/c16-11-4-3-9-15-10-5-7-12-6-1-2-8-13(12)14(15)17/h1-2,6,8,16H,3-5,7,9-11H2. The Morgan fingerprint density at radius 2 is 2.06 bits per heavy atom. The molecule has 3 nitrogen and oxygen atoms in total. The number of carbonyl (C=O) groups is 1. The number of aliphatic hydroxyl groups is 1. The summed E-state index contributed by atoms with van der Waals surface area (Å²) in [5.74, 6) is 0.149. The maximum Gasteiger partial charge on any atom is 0.254 e. The Labute approximate surface area is 102 Å². The van der Waals surface area contributed by atoms with Crippen LogP contribution in [0.15, 0.2) is 24.3 Å². The van der Waals surface area contributed by atoms with E-state index < -0.39 is 0 Å².